The summed E-state index contributed by atoms with van der Waals surface area (Å²) in [5, 5.41) is 4.84. The van der Waals surface area contributed by atoms with E-state index in [0.29, 0.717) is 0 Å². The lowest BCUT2D eigenvalue weighted by Gasteiger charge is -2.41. The summed E-state index contributed by atoms with van der Waals surface area (Å²) >= 11 is 0. The van der Waals surface area contributed by atoms with Crippen molar-refractivity contribution in [2.24, 2.45) is 7.05 Å². The number of hydrogen-bond donors (Lipinski definition) is 1. The van der Waals surface area contributed by atoms with E-state index in [1.165, 1.54) is 16.5 Å². The van der Waals surface area contributed by atoms with E-state index in [1.54, 1.807) is 0 Å². The summed E-state index contributed by atoms with van der Waals surface area (Å²) in [6.07, 6.45) is 3.41. The quantitative estimate of drug-likeness (QED) is 0.925. The Morgan fingerprint density at radius 3 is 2.60 bits per heavy atom. The van der Waals surface area contributed by atoms with Gasteiger partial charge in [-0.25, -0.2) is 0 Å². The number of benzene rings is 1. The van der Waals surface area contributed by atoms with Gasteiger partial charge >= 0.3 is 0 Å². The van der Waals surface area contributed by atoms with Crippen LogP contribution in [0.2, 0.25) is 0 Å². The topological polar surface area (TPSA) is 20.2 Å². The molecule has 1 fully saturated rings. The molecule has 0 aliphatic carbocycles. The Morgan fingerprint density at radius 1 is 1.15 bits per heavy atom. The first-order chi connectivity index (χ1) is 9.58. The Hall–Kier alpha value is -1.32. The lowest BCUT2D eigenvalue weighted by atomic mass is 9.92. The lowest BCUT2D eigenvalue weighted by Crippen LogP contribution is -2.54. The fourth-order valence-corrected chi connectivity index (χ4v) is 3.41. The van der Waals surface area contributed by atoms with Crippen LogP contribution in [0, 0.1) is 0 Å². The van der Waals surface area contributed by atoms with Crippen LogP contribution in [0.3, 0.4) is 0 Å². The van der Waals surface area contributed by atoms with Crippen molar-refractivity contribution in [3.63, 3.8) is 0 Å². The highest BCUT2D eigenvalue weighted by Gasteiger charge is 2.28. The van der Waals surface area contributed by atoms with Gasteiger partial charge in [-0.2, -0.15) is 0 Å². The molecule has 20 heavy (non-hydrogen) atoms. The van der Waals surface area contributed by atoms with Crippen LogP contribution in [0.25, 0.3) is 10.9 Å². The number of aryl methyl sites for hydroxylation is 1. The van der Waals surface area contributed by atoms with Crippen molar-refractivity contribution in [3.05, 3.63) is 36.0 Å². The van der Waals surface area contributed by atoms with Crippen molar-refractivity contribution in [2.75, 3.05) is 26.2 Å². The molecule has 1 aromatic carbocycles. The van der Waals surface area contributed by atoms with E-state index in [-0.39, 0.29) is 5.54 Å². The van der Waals surface area contributed by atoms with Crippen LogP contribution in [0.1, 0.15) is 19.4 Å². The first-order valence-electron chi connectivity index (χ1n) is 7.57. The zero-order valence-corrected chi connectivity index (χ0v) is 12.8. The summed E-state index contributed by atoms with van der Waals surface area (Å²) in [4.78, 5) is 2.62. The molecular weight excluding hydrogens is 246 g/mol. The van der Waals surface area contributed by atoms with Gasteiger partial charge in [-0.3, -0.25) is 4.90 Å². The number of hydrogen-bond acceptors (Lipinski definition) is 2. The molecule has 2 aromatic rings. The van der Waals surface area contributed by atoms with Gasteiger partial charge in [-0.1, -0.05) is 18.2 Å². The van der Waals surface area contributed by atoms with Crippen molar-refractivity contribution in [1.29, 1.82) is 0 Å². The molecule has 1 aromatic heterocycles. The molecule has 0 unspecified atom stereocenters. The average molecular weight is 271 g/mol. The van der Waals surface area contributed by atoms with Gasteiger partial charge in [-0.05, 0) is 31.9 Å². The largest absolute Gasteiger partial charge is 0.350 e. The summed E-state index contributed by atoms with van der Waals surface area (Å²) in [6.45, 7) is 9.27. The summed E-state index contributed by atoms with van der Waals surface area (Å²) in [5.41, 5.74) is 3.01. The van der Waals surface area contributed by atoms with E-state index in [0.717, 1.165) is 32.6 Å². The molecular formula is C17H25N3. The van der Waals surface area contributed by atoms with Crippen LogP contribution in [-0.4, -0.2) is 41.2 Å². The van der Waals surface area contributed by atoms with Gasteiger partial charge in [0.2, 0.25) is 0 Å². The third kappa shape index (κ3) is 2.48. The normalized spacial score (nSPS) is 17.8. The van der Waals surface area contributed by atoms with Gasteiger partial charge in [0.15, 0.2) is 0 Å². The molecule has 0 saturated carbocycles. The molecule has 1 aliphatic rings. The minimum Gasteiger partial charge on any atom is -0.350 e. The SMILES string of the molecule is Cn1cc(CC(C)(C)N2CCNCC2)c2ccccc21. The summed E-state index contributed by atoms with van der Waals surface area (Å²) < 4.78 is 2.25. The van der Waals surface area contributed by atoms with E-state index in [1.807, 2.05) is 0 Å². The Labute approximate surface area is 121 Å². The highest BCUT2D eigenvalue weighted by atomic mass is 15.2. The summed E-state index contributed by atoms with van der Waals surface area (Å²) in [7, 11) is 2.14. The van der Waals surface area contributed by atoms with E-state index in [9.17, 15) is 0 Å². The number of aromatic nitrogens is 1. The molecule has 1 aliphatic heterocycles. The smallest absolute Gasteiger partial charge is 0.0480 e. The molecule has 0 atom stereocenters. The maximum Gasteiger partial charge on any atom is 0.0480 e. The van der Waals surface area contributed by atoms with Gasteiger partial charge in [0.25, 0.3) is 0 Å². The predicted molar refractivity (Wildman–Crippen MR) is 85.1 cm³/mol. The Kier molecular flexibility index (Phi) is 3.57. The highest BCUT2D eigenvalue weighted by molar-refractivity contribution is 5.84. The second-order valence-corrected chi connectivity index (χ2v) is 6.51. The Bertz CT molecular complexity index is 591. The van der Waals surface area contributed by atoms with Crippen LogP contribution >= 0.6 is 0 Å². The standard InChI is InChI=1S/C17H25N3/c1-17(2,20-10-8-18-9-11-20)12-14-13-19(3)16-7-5-4-6-15(14)16/h4-7,13,18H,8-12H2,1-3H3. The zero-order chi connectivity index (χ0) is 14.2. The predicted octanol–water partition coefficient (Wildman–Crippen LogP) is 2.40. The minimum atomic E-state index is 0.215. The monoisotopic (exact) mass is 271 g/mol. The fourth-order valence-electron chi connectivity index (χ4n) is 3.41. The van der Waals surface area contributed by atoms with Crippen LogP contribution in [0.15, 0.2) is 30.5 Å². The molecule has 0 bridgehead atoms. The van der Waals surface area contributed by atoms with Crippen molar-refractivity contribution < 1.29 is 0 Å². The van der Waals surface area contributed by atoms with Gasteiger partial charge in [0.05, 0.1) is 0 Å². The van der Waals surface area contributed by atoms with Crippen LogP contribution in [-0.2, 0) is 13.5 Å². The number of piperazine rings is 1. The first-order valence-corrected chi connectivity index (χ1v) is 7.57. The summed E-state index contributed by atoms with van der Waals surface area (Å²) in [6, 6.07) is 8.71. The number of nitrogens with zero attached hydrogens (tertiary/aromatic N) is 2. The average Bonchev–Trinajstić information content (AvgIpc) is 2.76. The van der Waals surface area contributed by atoms with Crippen molar-refractivity contribution in [3.8, 4) is 0 Å². The molecule has 1 saturated heterocycles. The number of rotatable bonds is 3. The summed E-state index contributed by atoms with van der Waals surface area (Å²) in [5.74, 6) is 0. The van der Waals surface area contributed by atoms with Gasteiger partial charge in [0, 0.05) is 55.9 Å². The maximum atomic E-state index is 3.44. The molecule has 0 spiro atoms. The number of fused-ring (bicyclic) bond motifs is 1. The van der Waals surface area contributed by atoms with E-state index >= 15 is 0 Å². The van der Waals surface area contributed by atoms with Crippen molar-refractivity contribution in [1.82, 2.24) is 14.8 Å². The van der Waals surface area contributed by atoms with Crippen LogP contribution in [0.4, 0.5) is 0 Å². The maximum absolute atomic E-state index is 3.44. The van der Waals surface area contributed by atoms with E-state index < -0.39 is 0 Å². The van der Waals surface area contributed by atoms with Gasteiger partial charge < -0.3 is 9.88 Å². The first kappa shape index (κ1) is 13.7. The third-order valence-corrected chi connectivity index (χ3v) is 4.58. The Morgan fingerprint density at radius 2 is 1.85 bits per heavy atom. The lowest BCUT2D eigenvalue weighted by molar-refractivity contribution is 0.104. The van der Waals surface area contributed by atoms with E-state index in [4.69, 9.17) is 0 Å². The molecule has 2 heterocycles. The molecule has 3 nitrogen and oxygen atoms in total. The van der Waals surface area contributed by atoms with E-state index in [2.05, 4.69) is 66.1 Å². The molecule has 0 radical (unpaired) electrons. The van der Waals surface area contributed by atoms with Crippen molar-refractivity contribution >= 4 is 10.9 Å². The Balaban J connectivity index is 1.88. The minimum absolute atomic E-state index is 0.215. The fraction of sp³-hybridized carbons (Fsp3) is 0.529. The van der Waals surface area contributed by atoms with Crippen LogP contribution < -0.4 is 5.32 Å². The number of para-hydroxylation sites is 1. The molecule has 1 N–H and O–H groups in total. The zero-order valence-electron chi connectivity index (χ0n) is 12.8. The molecule has 0 amide bonds. The third-order valence-electron chi connectivity index (χ3n) is 4.58. The molecule has 108 valence electrons. The second-order valence-electron chi connectivity index (χ2n) is 6.51. The molecule has 3 heteroatoms. The number of nitrogens with one attached hydrogen (secondary N) is 1. The van der Waals surface area contributed by atoms with Crippen molar-refractivity contribution in [2.45, 2.75) is 25.8 Å². The second kappa shape index (κ2) is 5.23. The highest BCUT2D eigenvalue weighted by Crippen LogP contribution is 2.27. The molecule has 3 rings (SSSR count). The van der Waals surface area contributed by atoms with Gasteiger partial charge in [0.1, 0.15) is 0 Å². The van der Waals surface area contributed by atoms with Crippen LogP contribution in [0.5, 0.6) is 0 Å². The van der Waals surface area contributed by atoms with Gasteiger partial charge in [-0.15, -0.1) is 0 Å².